The minimum absolute atomic E-state index is 0.179. The summed E-state index contributed by atoms with van der Waals surface area (Å²) in [5, 5.41) is 0. The third kappa shape index (κ3) is 9.83. The first-order valence-corrected chi connectivity index (χ1v) is 7.03. The van der Waals surface area contributed by atoms with E-state index in [0.717, 1.165) is 25.3 Å². The summed E-state index contributed by atoms with van der Waals surface area (Å²) in [6.07, 6.45) is 3.25. The van der Waals surface area contributed by atoms with Gasteiger partial charge in [-0.2, -0.15) is 5.48 Å². The lowest BCUT2D eigenvalue weighted by molar-refractivity contribution is -0.0406. The summed E-state index contributed by atoms with van der Waals surface area (Å²) in [6.45, 7) is 14.2. The van der Waals surface area contributed by atoms with Crippen LogP contribution < -0.4 is 11.0 Å². The molecular weight excluding hydrogens is 228 g/mol. The largest absolute Gasteiger partial charge is 0.301 e. The van der Waals surface area contributed by atoms with Gasteiger partial charge in [-0.05, 0) is 24.7 Å². The van der Waals surface area contributed by atoms with Gasteiger partial charge in [-0.15, -0.1) is 0 Å². The van der Waals surface area contributed by atoms with Gasteiger partial charge in [-0.1, -0.05) is 41.5 Å². The quantitative estimate of drug-likeness (QED) is 0.467. The molecule has 0 aliphatic heterocycles. The first-order chi connectivity index (χ1) is 8.42. The van der Waals surface area contributed by atoms with Crippen LogP contribution in [0.3, 0.4) is 0 Å². The van der Waals surface area contributed by atoms with Crippen molar-refractivity contribution in [2.75, 3.05) is 13.2 Å². The molecule has 1 radical (unpaired) electrons. The molecule has 2 N–H and O–H groups in total. The zero-order valence-electron chi connectivity index (χ0n) is 12.9. The fraction of sp³-hybridized carbons (Fsp3) is 0.929. The summed E-state index contributed by atoms with van der Waals surface area (Å²) in [6, 6.07) is 1.11. The van der Waals surface area contributed by atoms with E-state index < -0.39 is 0 Å². The van der Waals surface area contributed by atoms with Gasteiger partial charge in [0.1, 0.15) is 0 Å². The Bertz CT molecular complexity index is 189. The van der Waals surface area contributed by atoms with Crippen LogP contribution in [-0.2, 0) is 9.68 Å². The standard InChI is InChI=1S/C14H31N2O2/c1-7-12(16-18-13(8-2)9-3)10-15-17-11-14(4,5)6/h13,15-16H,7-11H2,1-6H3. The summed E-state index contributed by atoms with van der Waals surface area (Å²) in [5.74, 6) is 0. The Morgan fingerprint density at radius 3 is 2.17 bits per heavy atom. The Balaban J connectivity index is 3.70. The molecule has 0 heterocycles. The predicted octanol–water partition coefficient (Wildman–Crippen LogP) is 3.21. The van der Waals surface area contributed by atoms with E-state index in [1.807, 2.05) is 0 Å². The number of rotatable bonds is 10. The molecule has 0 aromatic carbocycles. The fourth-order valence-electron chi connectivity index (χ4n) is 1.26. The van der Waals surface area contributed by atoms with Gasteiger partial charge in [0.15, 0.2) is 0 Å². The van der Waals surface area contributed by atoms with Gasteiger partial charge in [0.2, 0.25) is 0 Å². The van der Waals surface area contributed by atoms with Crippen LogP contribution in [0.1, 0.15) is 60.8 Å². The molecule has 18 heavy (non-hydrogen) atoms. The lowest BCUT2D eigenvalue weighted by Crippen LogP contribution is -2.35. The van der Waals surface area contributed by atoms with Gasteiger partial charge >= 0.3 is 0 Å². The summed E-state index contributed by atoms with van der Waals surface area (Å²) >= 11 is 0. The van der Waals surface area contributed by atoms with Crippen molar-refractivity contribution in [3.05, 3.63) is 6.04 Å². The maximum Gasteiger partial charge on any atom is 0.0793 e. The summed E-state index contributed by atoms with van der Waals surface area (Å²) in [4.78, 5) is 11.0. The van der Waals surface area contributed by atoms with Crippen molar-refractivity contribution < 1.29 is 9.68 Å². The minimum atomic E-state index is 0.179. The second kappa shape index (κ2) is 9.73. The van der Waals surface area contributed by atoms with E-state index >= 15 is 0 Å². The molecule has 0 saturated heterocycles. The molecule has 0 fully saturated rings. The molecule has 0 amide bonds. The molecule has 0 aliphatic rings. The van der Waals surface area contributed by atoms with Gasteiger partial charge in [0.25, 0.3) is 0 Å². The highest BCUT2D eigenvalue weighted by molar-refractivity contribution is 4.83. The van der Waals surface area contributed by atoms with Crippen LogP contribution in [0.25, 0.3) is 0 Å². The van der Waals surface area contributed by atoms with E-state index in [1.165, 1.54) is 0 Å². The molecule has 109 valence electrons. The lowest BCUT2D eigenvalue weighted by atomic mass is 9.99. The smallest absolute Gasteiger partial charge is 0.0793 e. The van der Waals surface area contributed by atoms with Gasteiger partial charge < -0.3 is 4.84 Å². The van der Waals surface area contributed by atoms with Crippen molar-refractivity contribution in [2.24, 2.45) is 5.41 Å². The molecule has 0 aromatic heterocycles. The third-order valence-corrected chi connectivity index (χ3v) is 2.60. The summed E-state index contributed by atoms with van der Waals surface area (Å²) in [7, 11) is 0. The topological polar surface area (TPSA) is 42.5 Å². The highest BCUT2D eigenvalue weighted by Gasteiger charge is 2.13. The van der Waals surface area contributed by atoms with Gasteiger partial charge in [0, 0.05) is 6.54 Å². The van der Waals surface area contributed by atoms with Crippen LogP contribution in [0.4, 0.5) is 0 Å². The van der Waals surface area contributed by atoms with E-state index in [0.29, 0.717) is 13.2 Å². The van der Waals surface area contributed by atoms with Gasteiger partial charge in [0.05, 0.1) is 18.8 Å². The molecule has 4 heteroatoms. The molecule has 0 bridgehead atoms. The Morgan fingerprint density at radius 1 is 1.11 bits per heavy atom. The Morgan fingerprint density at radius 2 is 1.72 bits per heavy atom. The molecule has 0 unspecified atom stereocenters. The molecule has 0 aromatic rings. The maximum atomic E-state index is 5.61. The van der Waals surface area contributed by atoms with Gasteiger partial charge in [-0.3, -0.25) is 4.84 Å². The normalized spacial score (nSPS) is 12.7. The van der Waals surface area contributed by atoms with Crippen molar-refractivity contribution in [2.45, 2.75) is 66.9 Å². The van der Waals surface area contributed by atoms with E-state index in [-0.39, 0.29) is 11.5 Å². The van der Waals surface area contributed by atoms with Crippen LogP contribution in [0.5, 0.6) is 0 Å². The zero-order chi connectivity index (χ0) is 14.0. The van der Waals surface area contributed by atoms with Crippen molar-refractivity contribution in [1.29, 1.82) is 0 Å². The first kappa shape index (κ1) is 17.8. The number of nitrogens with one attached hydrogen (secondary N) is 2. The van der Waals surface area contributed by atoms with Crippen molar-refractivity contribution in [1.82, 2.24) is 11.0 Å². The highest BCUT2D eigenvalue weighted by atomic mass is 16.7. The molecule has 0 saturated carbocycles. The van der Waals surface area contributed by atoms with Crippen molar-refractivity contribution in [3.8, 4) is 0 Å². The lowest BCUT2D eigenvalue weighted by Gasteiger charge is -2.22. The predicted molar refractivity (Wildman–Crippen MR) is 75.5 cm³/mol. The van der Waals surface area contributed by atoms with Crippen LogP contribution in [-0.4, -0.2) is 19.3 Å². The highest BCUT2D eigenvalue weighted by Crippen LogP contribution is 2.12. The monoisotopic (exact) mass is 259 g/mol. The van der Waals surface area contributed by atoms with Crippen molar-refractivity contribution >= 4 is 0 Å². The Labute approximate surface area is 113 Å². The summed E-state index contributed by atoms with van der Waals surface area (Å²) in [5.41, 5.74) is 6.20. The Kier molecular flexibility index (Phi) is 9.64. The zero-order valence-corrected chi connectivity index (χ0v) is 12.9. The first-order valence-electron chi connectivity index (χ1n) is 7.03. The molecule has 0 spiro atoms. The van der Waals surface area contributed by atoms with Gasteiger partial charge in [-0.25, -0.2) is 5.48 Å². The summed E-state index contributed by atoms with van der Waals surface area (Å²) < 4.78 is 0. The fourth-order valence-corrected chi connectivity index (χ4v) is 1.26. The maximum absolute atomic E-state index is 5.61. The molecule has 4 nitrogen and oxygen atoms in total. The van der Waals surface area contributed by atoms with Crippen LogP contribution in [0, 0.1) is 11.5 Å². The van der Waals surface area contributed by atoms with Crippen LogP contribution >= 0.6 is 0 Å². The minimum Gasteiger partial charge on any atom is -0.301 e. The molecule has 0 aliphatic carbocycles. The number of hydrogen-bond acceptors (Lipinski definition) is 4. The third-order valence-electron chi connectivity index (χ3n) is 2.60. The average molecular weight is 259 g/mol. The number of hydroxylamine groups is 2. The van der Waals surface area contributed by atoms with E-state index in [1.54, 1.807) is 0 Å². The van der Waals surface area contributed by atoms with Crippen LogP contribution in [0.15, 0.2) is 0 Å². The second-order valence-electron chi connectivity index (χ2n) is 5.79. The average Bonchev–Trinajstić information content (AvgIpc) is 2.31. The van der Waals surface area contributed by atoms with E-state index in [4.69, 9.17) is 9.68 Å². The second-order valence-corrected chi connectivity index (χ2v) is 5.79. The SMILES string of the molecule is CC[C](CNOCC(C)(C)C)NOC(CC)CC. The molecule has 0 atom stereocenters. The van der Waals surface area contributed by atoms with Crippen molar-refractivity contribution in [3.63, 3.8) is 0 Å². The van der Waals surface area contributed by atoms with E-state index in [2.05, 4.69) is 52.5 Å². The van der Waals surface area contributed by atoms with E-state index in [9.17, 15) is 0 Å². The Hall–Kier alpha value is -0.160. The molecule has 0 rings (SSSR count). The van der Waals surface area contributed by atoms with Crippen LogP contribution in [0.2, 0.25) is 0 Å². The molecular formula is C14H31N2O2. The number of hydrogen-bond donors (Lipinski definition) is 2.